The highest BCUT2D eigenvalue weighted by molar-refractivity contribution is 7.66. The van der Waals surface area contributed by atoms with E-state index in [1.807, 2.05) is 25.1 Å². The molecule has 1 unspecified atom stereocenters. The van der Waals surface area contributed by atoms with Crippen LogP contribution in [0.1, 0.15) is 48.5 Å². The van der Waals surface area contributed by atoms with E-state index in [4.69, 9.17) is 18.9 Å². The SMILES string of the molecule is CCCCCCOc1ccc(PC(=O)c2c(OC)cc(OC)cc2OC)c(C)c1. The summed E-state index contributed by atoms with van der Waals surface area (Å²) in [7, 11) is 4.59. The standard InChI is InChI=1S/C23H31O5P/c1-6-7-8-9-12-28-17-10-11-21(16(2)13-17)29-23(24)22-19(26-4)14-18(25-3)15-20(22)27-5/h10-11,13-15,29H,6-9,12H2,1-5H3. The number of aryl methyl sites for hydroxylation is 1. The first-order chi connectivity index (χ1) is 14.0. The first-order valence-electron chi connectivity index (χ1n) is 9.88. The van der Waals surface area contributed by atoms with Gasteiger partial charge in [0.05, 0.1) is 27.9 Å². The lowest BCUT2D eigenvalue weighted by Gasteiger charge is -2.15. The highest BCUT2D eigenvalue weighted by Gasteiger charge is 2.21. The molecule has 0 bridgehead atoms. The van der Waals surface area contributed by atoms with E-state index >= 15 is 0 Å². The first-order valence-corrected chi connectivity index (χ1v) is 10.9. The minimum atomic E-state index is -0.0459. The van der Waals surface area contributed by atoms with Crippen LogP contribution in [0.15, 0.2) is 30.3 Å². The molecule has 0 heterocycles. The van der Waals surface area contributed by atoms with Crippen molar-refractivity contribution >= 4 is 19.4 Å². The minimum absolute atomic E-state index is 0.0438. The predicted molar refractivity (Wildman–Crippen MR) is 119 cm³/mol. The quantitative estimate of drug-likeness (QED) is 0.354. The molecule has 0 aliphatic carbocycles. The molecule has 0 saturated heterocycles. The first kappa shape index (κ1) is 23.0. The third-order valence-electron chi connectivity index (χ3n) is 4.65. The van der Waals surface area contributed by atoms with Crippen LogP contribution in [0.3, 0.4) is 0 Å². The van der Waals surface area contributed by atoms with E-state index in [9.17, 15) is 4.79 Å². The van der Waals surface area contributed by atoms with Crippen molar-refractivity contribution in [1.29, 1.82) is 0 Å². The molecule has 0 spiro atoms. The fourth-order valence-electron chi connectivity index (χ4n) is 3.00. The summed E-state index contributed by atoms with van der Waals surface area (Å²) in [5, 5.41) is 0.980. The van der Waals surface area contributed by atoms with Gasteiger partial charge in [-0.05, 0) is 44.9 Å². The lowest BCUT2D eigenvalue weighted by Crippen LogP contribution is -2.08. The largest absolute Gasteiger partial charge is 0.496 e. The van der Waals surface area contributed by atoms with Gasteiger partial charge in [0.2, 0.25) is 0 Å². The van der Waals surface area contributed by atoms with E-state index in [2.05, 4.69) is 6.92 Å². The zero-order valence-electron chi connectivity index (χ0n) is 18.0. The summed E-state index contributed by atoms with van der Waals surface area (Å²) >= 11 is 0. The molecule has 29 heavy (non-hydrogen) atoms. The average Bonchev–Trinajstić information content (AvgIpc) is 2.74. The predicted octanol–water partition coefficient (Wildman–Crippen LogP) is 5.12. The maximum absolute atomic E-state index is 13.1. The molecule has 5 nitrogen and oxygen atoms in total. The molecule has 0 aromatic heterocycles. The molecule has 158 valence electrons. The van der Waals surface area contributed by atoms with Gasteiger partial charge in [-0.1, -0.05) is 32.3 Å². The Morgan fingerprint density at radius 2 is 1.59 bits per heavy atom. The van der Waals surface area contributed by atoms with Gasteiger partial charge in [-0.15, -0.1) is 0 Å². The number of methoxy groups -OCH3 is 3. The van der Waals surface area contributed by atoms with E-state index < -0.39 is 0 Å². The summed E-state index contributed by atoms with van der Waals surface area (Å²) in [6, 6.07) is 9.30. The smallest absolute Gasteiger partial charge is 0.193 e. The molecular formula is C23H31O5P. The number of unbranched alkanes of at least 4 members (excludes halogenated alkanes) is 3. The van der Waals surface area contributed by atoms with Crippen LogP contribution in [0.4, 0.5) is 0 Å². The molecule has 0 radical (unpaired) electrons. The Morgan fingerprint density at radius 3 is 2.14 bits per heavy atom. The fraction of sp³-hybridized carbons (Fsp3) is 0.435. The zero-order chi connectivity index (χ0) is 21.2. The monoisotopic (exact) mass is 418 g/mol. The van der Waals surface area contributed by atoms with E-state index in [0.717, 1.165) is 29.6 Å². The van der Waals surface area contributed by atoms with Gasteiger partial charge >= 0.3 is 0 Å². The van der Waals surface area contributed by atoms with Crippen molar-refractivity contribution in [2.45, 2.75) is 39.5 Å². The van der Waals surface area contributed by atoms with Crippen LogP contribution in [-0.4, -0.2) is 33.5 Å². The molecule has 0 amide bonds. The second kappa shape index (κ2) is 11.7. The van der Waals surface area contributed by atoms with Gasteiger partial charge in [-0.2, -0.15) is 0 Å². The summed E-state index contributed by atoms with van der Waals surface area (Å²) in [4.78, 5) is 13.1. The van der Waals surface area contributed by atoms with Crippen molar-refractivity contribution < 1.29 is 23.7 Å². The molecule has 6 heteroatoms. The normalized spacial score (nSPS) is 10.9. The maximum Gasteiger partial charge on any atom is 0.193 e. The van der Waals surface area contributed by atoms with Crippen LogP contribution >= 0.6 is 8.58 Å². The van der Waals surface area contributed by atoms with E-state index in [1.54, 1.807) is 19.2 Å². The highest BCUT2D eigenvalue weighted by Crippen LogP contribution is 2.38. The number of ether oxygens (including phenoxy) is 4. The minimum Gasteiger partial charge on any atom is -0.496 e. The Bertz CT molecular complexity index is 794. The molecule has 0 saturated carbocycles. The number of benzene rings is 2. The highest BCUT2D eigenvalue weighted by atomic mass is 31.1. The Kier molecular flexibility index (Phi) is 9.27. The molecule has 0 fully saturated rings. The van der Waals surface area contributed by atoms with Gasteiger partial charge in [-0.3, -0.25) is 4.79 Å². The Labute approximate surface area is 175 Å². The molecule has 2 aromatic rings. The van der Waals surface area contributed by atoms with Crippen molar-refractivity contribution in [2.75, 3.05) is 27.9 Å². The summed E-state index contributed by atoms with van der Waals surface area (Å²) in [5.41, 5.74) is 1.43. The molecule has 0 N–H and O–H groups in total. The van der Waals surface area contributed by atoms with Crippen LogP contribution in [-0.2, 0) is 0 Å². The van der Waals surface area contributed by atoms with Gasteiger partial charge in [-0.25, -0.2) is 0 Å². The molecule has 2 aromatic carbocycles. The Hall–Kier alpha value is -2.26. The molecule has 2 rings (SSSR count). The number of hydrogen-bond donors (Lipinski definition) is 0. The lowest BCUT2D eigenvalue weighted by molar-refractivity contribution is 0.108. The number of hydrogen-bond acceptors (Lipinski definition) is 5. The maximum atomic E-state index is 13.1. The van der Waals surface area contributed by atoms with E-state index in [0.29, 0.717) is 22.8 Å². The summed E-state index contributed by atoms with van der Waals surface area (Å²) in [6.45, 7) is 4.92. The van der Waals surface area contributed by atoms with E-state index in [-0.39, 0.29) is 14.1 Å². The van der Waals surface area contributed by atoms with E-state index in [1.165, 1.54) is 33.5 Å². The summed E-state index contributed by atoms with van der Waals surface area (Å²) in [6.07, 6.45) is 4.70. The second-order valence-electron chi connectivity index (χ2n) is 6.75. The van der Waals surface area contributed by atoms with Crippen LogP contribution in [0, 0.1) is 6.92 Å². The van der Waals surface area contributed by atoms with Gasteiger partial charge in [0.25, 0.3) is 0 Å². The molecule has 0 aliphatic rings. The lowest BCUT2D eigenvalue weighted by atomic mass is 10.2. The number of carbonyl (C=O) groups excluding carboxylic acids is 1. The Morgan fingerprint density at radius 1 is 0.897 bits per heavy atom. The van der Waals surface area contributed by atoms with Crippen molar-refractivity contribution in [3.05, 3.63) is 41.5 Å². The van der Waals surface area contributed by atoms with Gasteiger partial charge in [0.1, 0.15) is 28.6 Å². The molecular weight excluding hydrogens is 387 g/mol. The van der Waals surface area contributed by atoms with Crippen LogP contribution in [0.5, 0.6) is 23.0 Å². The summed E-state index contributed by atoms with van der Waals surface area (Å²) in [5.74, 6) is 2.32. The fourth-order valence-corrected chi connectivity index (χ4v) is 4.05. The van der Waals surface area contributed by atoms with Crippen LogP contribution < -0.4 is 24.3 Å². The number of rotatable bonds is 12. The third kappa shape index (κ3) is 6.37. The third-order valence-corrected chi connectivity index (χ3v) is 5.96. The summed E-state index contributed by atoms with van der Waals surface area (Å²) < 4.78 is 21.9. The number of carbonyl (C=O) groups is 1. The molecule has 0 aliphatic heterocycles. The molecule has 1 atom stereocenters. The van der Waals surface area contributed by atoms with Crippen molar-refractivity contribution in [3.8, 4) is 23.0 Å². The average molecular weight is 418 g/mol. The van der Waals surface area contributed by atoms with Gasteiger partial charge in [0.15, 0.2) is 5.52 Å². The van der Waals surface area contributed by atoms with Gasteiger partial charge in [0, 0.05) is 12.1 Å². The van der Waals surface area contributed by atoms with Crippen LogP contribution in [0.25, 0.3) is 0 Å². The van der Waals surface area contributed by atoms with Crippen molar-refractivity contribution in [3.63, 3.8) is 0 Å². The van der Waals surface area contributed by atoms with Crippen molar-refractivity contribution in [1.82, 2.24) is 0 Å². The second-order valence-corrected chi connectivity index (χ2v) is 7.99. The van der Waals surface area contributed by atoms with Gasteiger partial charge < -0.3 is 18.9 Å². The zero-order valence-corrected chi connectivity index (χ0v) is 19.0. The Balaban J connectivity index is 2.13. The van der Waals surface area contributed by atoms with Crippen LogP contribution in [0.2, 0.25) is 0 Å². The van der Waals surface area contributed by atoms with Crippen molar-refractivity contribution in [2.24, 2.45) is 0 Å². The topological polar surface area (TPSA) is 54.0 Å².